The zero-order chi connectivity index (χ0) is 11.5. The van der Waals surface area contributed by atoms with Gasteiger partial charge in [-0.3, -0.25) is 0 Å². The molecule has 16 heavy (non-hydrogen) atoms. The molecule has 0 saturated carbocycles. The number of benzene rings is 1. The molecule has 0 aliphatic carbocycles. The number of hydrogen-bond acceptors (Lipinski definition) is 2. The van der Waals surface area contributed by atoms with Gasteiger partial charge in [-0.2, -0.15) is 10.2 Å². The molecular formula is C13H13IN2. The summed E-state index contributed by atoms with van der Waals surface area (Å²) in [6.07, 6.45) is 3.87. The van der Waals surface area contributed by atoms with Gasteiger partial charge in [0.2, 0.25) is 0 Å². The summed E-state index contributed by atoms with van der Waals surface area (Å²) < 4.78 is 1.21. The van der Waals surface area contributed by atoms with Gasteiger partial charge in [-0.15, -0.1) is 0 Å². The molecule has 0 aromatic heterocycles. The Morgan fingerprint density at radius 3 is 2.69 bits per heavy atom. The molecule has 0 fully saturated rings. The summed E-state index contributed by atoms with van der Waals surface area (Å²) in [5.41, 5.74) is 4.53. The molecule has 1 heterocycles. The normalized spacial score (nSPS) is 15.4. The van der Waals surface area contributed by atoms with Gasteiger partial charge < -0.3 is 0 Å². The van der Waals surface area contributed by atoms with E-state index in [1.807, 2.05) is 13.0 Å². The van der Waals surface area contributed by atoms with Gasteiger partial charge in [-0.25, -0.2) is 0 Å². The molecule has 3 heteroatoms. The van der Waals surface area contributed by atoms with E-state index < -0.39 is 0 Å². The lowest BCUT2D eigenvalue weighted by atomic mass is 10.0. The third kappa shape index (κ3) is 2.40. The van der Waals surface area contributed by atoms with Crippen LogP contribution in [0.25, 0.3) is 6.08 Å². The fraction of sp³-hybridized carbons (Fsp3) is 0.231. The van der Waals surface area contributed by atoms with Crippen LogP contribution in [0.1, 0.15) is 30.9 Å². The van der Waals surface area contributed by atoms with E-state index in [2.05, 4.69) is 57.6 Å². The average Bonchev–Trinajstić information content (AvgIpc) is 2.30. The molecule has 0 unspecified atom stereocenters. The van der Waals surface area contributed by atoms with Gasteiger partial charge in [0.25, 0.3) is 0 Å². The van der Waals surface area contributed by atoms with E-state index in [-0.39, 0.29) is 0 Å². The van der Waals surface area contributed by atoms with E-state index in [0.717, 1.165) is 24.3 Å². The lowest BCUT2D eigenvalue weighted by Crippen LogP contribution is -2.08. The van der Waals surface area contributed by atoms with Crippen LogP contribution in [0.2, 0.25) is 0 Å². The van der Waals surface area contributed by atoms with Crippen LogP contribution in [0.5, 0.6) is 0 Å². The fourth-order valence-electron chi connectivity index (χ4n) is 1.62. The van der Waals surface area contributed by atoms with Crippen molar-refractivity contribution in [2.24, 2.45) is 10.2 Å². The first kappa shape index (κ1) is 11.5. The second-order valence-electron chi connectivity index (χ2n) is 3.82. The highest BCUT2D eigenvalue weighted by molar-refractivity contribution is 14.1. The molecule has 82 valence electrons. The van der Waals surface area contributed by atoms with Gasteiger partial charge in [0.05, 0.1) is 5.71 Å². The molecule has 0 radical (unpaired) electrons. The lowest BCUT2D eigenvalue weighted by Gasteiger charge is -2.10. The molecular weight excluding hydrogens is 311 g/mol. The topological polar surface area (TPSA) is 24.7 Å². The highest BCUT2D eigenvalue weighted by Gasteiger charge is 2.10. The Hall–Kier alpha value is -0.970. The predicted octanol–water partition coefficient (Wildman–Crippen LogP) is 3.89. The van der Waals surface area contributed by atoms with Gasteiger partial charge >= 0.3 is 0 Å². The fourth-order valence-corrected chi connectivity index (χ4v) is 2.35. The number of nitrogens with zero attached hydrogens (tertiary/aromatic N) is 2. The van der Waals surface area contributed by atoms with Crippen LogP contribution in [0.4, 0.5) is 0 Å². The Kier molecular flexibility index (Phi) is 3.53. The van der Waals surface area contributed by atoms with E-state index in [1.165, 1.54) is 14.7 Å². The maximum absolute atomic E-state index is 4.25. The first-order chi connectivity index (χ1) is 7.70. The third-order valence-corrected chi connectivity index (χ3v) is 3.55. The van der Waals surface area contributed by atoms with Crippen molar-refractivity contribution in [1.82, 2.24) is 0 Å². The number of rotatable bonds is 2. The summed E-state index contributed by atoms with van der Waals surface area (Å²) in [5, 5.41) is 8.39. The van der Waals surface area contributed by atoms with Crippen molar-refractivity contribution in [2.75, 3.05) is 0 Å². The zero-order valence-electron chi connectivity index (χ0n) is 9.20. The summed E-state index contributed by atoms with van der Waals surface area (Å²) >= 11 is 2.32. The second kappa shape index (κ2) is 4.91. The monoisotopic (exact) mass is 324 g/mol. The summed E-state index contributed by atoms with van der Waals surface area (Å²) in [7, 11) is 0. The SMILES string of the molecule is C=Cc1ccc(C2=NN=C(C)CC2)cc1I. The summed E-state index contributed by atoms with van der Waals surface area (Å²) in [5.74, 6) is 0. The minimum atomic E-state index is 0.985. The van der Waals surface area contributed by atoms with E-state index in [4.69, 9.17) is 0 Å². The van der Waals surface area contributed by atoms with Crippen LogP contribution in [-0.2, 0) is 0 Å². The minimum Gasteiger partial charge on any atom is -0.160 e. The van der Waals surface area contributed by atoms with Crippen molar-refractivity contribution in [3.8, 4) is 0 Å². The largest absolute Gasteiger partial charge is 0.160 e. The molecule has 0 N–H and O–H groups in total. The van der Waals surface area contributed by atoms with Crippen molar-refractivity contribution in [3.63, 3.8) is 0 Å². The van der Waals surface area contributed by atoms with Crippen molar-refractivity contribution in [3.05, 3.63) is 39.5 Å². The first-order valence-electron chi connectivity index (χ1n) is 5.23. The Labute approximate surface area is 109 Å². The molecule has 0 bridgehead atoms. The maximum Gasteiger partial charge on any atom is 0.0706 e. The van der Waals surface area contributed by atoms with Crippen molar-refractivity contribution < 1.29 is 0 Å². The van der Waals surface area contributed by atoms with E-state index in [9.17, 15) is 0 Å². The van der Waals surface area contributed by atoms with Gasteiger partial charge in [-0.1, -0.05) is 24.8 Å². The summed E-state index contributed by atoms with van der Waals surface area (Å²) in [6.45, 7) is 5.81. The van der Waals surface area contributed by atoms with E-state index in [0.29, 0.717) is 0 Å². The van der Waals surface area contributed by atoms with Gasteiger partial charge in [-0.05, 0) is 59.5 Å². The van der Waals surface area contributed by atoms with Crippen LogP contribution in [0.3, 0.4) is 0 Å². The maximum atomic E-state index is 4.25. The molecule has 0 saturated heterocycles. The molecule has 1 aromatic carbocycles. The zero-order valence-corrected chi connectivity index (χ0v) is 11.4. The van der Waals surface area contributed by atoms with E-state index in [1.54, 1.807) is 0 Å². The van der Waals surface area contributed by atoms with Crippen molar-refractivity contribution in [2.45, 2.75) is 19.8 Å². The van der Waals surface area contributed by atoms with Gasteiger partial charge in [0, 0.05) is 9.28 Å². The van der Waals surface area contributed by atoms with Crippen LogP contribution in [0.15, 0.2) is 35.0 Å². The molecule has 0 atom stereocenters. The highest BCUT2D eigenvalue weighted by Crippen LogP contribution is 2.19. The lowest BCUT2D eigenvalue weighted by molar-refractivity contribution is 1.03. The standard InChI is InChI=1S/C13H13IN2/c1-3-10-5-6-11(8-12(10)14)13-7-4-9(2)15-16-13/h3,5-6,8H,1,4,7H2,2H3. The number of halogens is 1. The van der Waals surface area contributed by atoms with Crippen LogP contribution in [0, 0.1) is 3.57 Å². The van der Waals surface area contributed by atoms with Gasteiger partial charge in [0.15, 0.2) is 0 Å². The Bertz CT molecular complexity index is 487. The summed E-state index contributed by atoms with van der Waals surface area (Å²) in [6, 6.07) is 6.32. The smallest absolute Gasteiger partial charge is 0.0706 e. The molecule has 1 aliphatic heterocycles. The van der Waals surface area contributed by atoms with Gasteiger partial charge in [0.1, 0.15) is 0 Å². The van der Waals surface area contributed by atoms with E-state index >= 15 is 0 Å². The first-order valence-corrected chi connectivity index (χ1v) is 6.31. The Balaban J connectivity index is 2.35. The quantitative estimate of drug-likeness (QED) is 0.738. The predicted molar refractivity (Wildman–Crippen MR) is 78.1 cm³/mol. The van der Waals surface area contributed by atoms with Crippen LogP contribution < -0.4 is 0 Å². The molecule has 0 amide bonds. The van der Waals surface area contributed by atoms with Crippen molar-refractivity contribution in [1.29, 1.82) is 0 Å². The molecule has 2 nitrogen and oxygen atoms in total. The van der Waals surface area contributed by atoms with Crippen LogP contribution >= 0.6 is 22.6 Å². The molecule has 1 aliphatic rings. The van der Waals surface area contributed by atoms with Crippen LogP contribution in [-0.4, -0.2) is 11.4 Å². The Morgan fingerprint density at radius 1 is 1.31 bits per heavy atom. The Morgan fingerprint density at radius 2 is 2.12 bits per heavy atom. The average molecular weight is 324 g/mol. The second-order valence-corrected chi connectivity index (χ2v) is 4.98. The minimum absolute atomic E-state index is 0.985. The molecule has 0 spiro atoms. The van der Waals surface area contributed by atoms with Crippen molar-refractivity contribution >= 4 is 40.1 Å². The highest BCUT2D eigenvalue weighted by atomic mass is 127. The third-order valence-electron chi connectivity index (χ3n) is 2.62. The summed E-state index contributed by atoms with van der Waals surface area (Å²) in [4.78, 5) is 0. The molecule has 2 rings (SSSR count). The number of hydrogen-bond donors (Lipinski definition) is 0. The molecule has 1 aromatic rings.